The molecule has 7 heteroatoms. The highest BCUT2D eigenvalue weighted by molar-refractivity contribution is 9.10. The number of carbonyl (C=O) groups is 1. The van der Waals surface area contributed by atoms with E-state index < -0.39 is 10.8 Å². The predicted octanol–water partition coefficient (Wildman–Crippen LogP) is 5.39. The van der Waals surface area contributed by atoms with Crippen molar-refractivity contribution in [1.82, 2.24) is 0 Å². The molecule has 126 valence electrons. The topological polar surface area (TPSA) is 72.2 Å². The minimum atomic E-state index is -0.533. The SMILES string of the molecule is CCc1ccc(Cl)c(CC)c1NC(=O)c1ccc(Br)c([N+](=O)[O-])c1. The molecule has 1 amide bonds. The third-order valence-electron chi connectivity index (χ3n) is 3.72. The van der Waals surface area contributed by atoms with Crippen molar-refractivity contribution in [3.05, 3.63) is 66.6 Å². The van der Waals surface area contributed by atoms with E-state index in [0.717, 1.165) is 17.5 Å². The average Bonchev–Trinajstić information content (AvgIpc) is 2.55. The molecular formula is C17H16BrClN2O3. The number of aryl methyl sites for hydroxylation is 1. The van der Waals surface area contributed by atoms with Gasteiger partial charge in [0.25, 0.3) is 11.6 Å². The van der Waals surface area contributed by atoms with E-state index in [2.05, 4.69) is 21.2 Å². The fourth-order valence-electron chi connectivity index (χ4n) is 2.45. The Bertz CT molecular complexity index is 809. The number of carbonyl (C=O) groups excluding carboxylic acids is 1. The van der Waals surface area contributed by atoms with Gasteiger partial charge < -0.3 is 5.32 Å². The Morgan fingerprint density at radius 2 is 1.96 bits per heavy atom. The van der Waals surface area contributed by atoms with Crippen LogP contribution in [0.5, 0.6) is 0 Å². The first-order valence-electron chi connectivity index (χ1n) is 7.44. The molecule has 0 spiro atoms. The van der Waals surface area contributed by atoms with Crippen molar-refractivity contribution in [2.24, 2.45) is 0 Å². The maximum atomic E-state index is 12.6. The van der Waals surface area contributed by atoms with Crippen LogP contribution in [0.4, 0.5) is 11.4 Å². The lowest BCUT2D eigenvalue weighted by molar-refractivity contribution is -0.385. The Labute approximate surface area is 153 Å². The molecule has 0 unspecified atom stereocenters. The number of nitrogens with one attached hydrogen (secondary N) is 1. The zero-order valence-corrected chi connectivity index (χ0v) is 15.6. The van der Waals surface area contributed by atoms with E-state index in [1.165, 1.54) is 18.2 Å². The number of nitro groups is 1. The number of hydrogen-bond acceptors (Lipinski definition) is 3. The van der Waals surface area contributed by atoms with E-state index in [9.17, 15) is 14.9 Å². The van der Waals surface area contributed by atoms with Crippen LogP contribution in [0.25, 0.3) is 0 Å². The zero-order valence-electron chi connectivity index (χ0n) is 13.2. The van der Waals surface area contributed by atoms with Crippen LogP contribution >= 0.6 is 27.5 Å². The van der Waals surface area contributed by atoms with Crippen LogP contribution in [0.3, 0.4) is 0 Å². The van der Waals surface area contributed by atoms with Crippen LogP contribution in [-0.2, 0) is 12.8 Å². The monoisotopic (exact) mass is 410 g/mol. The lowest BCUT2D eigenvalue weighted by atomic mass is 10.0. The van der Waals surface area contributed by atoms with Gasteiger partial charge in [0, 0.05) is 22.3 Å². The largest absolute Gasteiger partial charge is 0.321 e. The highest BCUT2D eigenvalue weighted by atomic mass is 79.9. The molecular weight excluding hydrogens is 396 g/mol. The van der Waals surface area contributed by atoms with Gasteiger partial charge in [-0.2, -0.15) is 0 Å². The third kappa shape index (κ3) is 3.76. The second-order valence-electron chi connectivity index (χ2n) is 5.14. The summed E-state index contributed by atoms with van der Waals surface area (Å²) >= 11 is 9.34. The first-order valence-corrected chi connectivity index (χ1v) is 8.61. The van der Waals surface area contributed by atoms with Crippen LogP contribution in [0.15, 0.2) is 34.8 Å². The second kappa shape index (κ2) is 7.77. The number of benzene rings is 2. The molecule has 0 aliphatic heterocycles. The Morgan fingerprint density at radius 1 is 1.25 bits per heavy atom. The second-order valence-corrected chi connectivity index (χ2v) is 6.41. The van der Waals surface area contributed by atoms with Crippen molar-refractivity contribution in [3.63, 3.8) is 0 Å². The average molecular weight is 412 g/mol. The number of nitrogens with zero attached hydrogens (tertiary/aromatic N) is 1. The van der Waals surface area contributed by atoms with Crippen molar-refractivity contribution in [3.8, 4) is 0 Å². The molecule has 0 radical (unpaired) electrons. The maximum Gasteiger partial charge on any atom is 0.284 e. The van der Waals surface area contributed by atoms with Crippen LogP contribution in [0.1, 0.15) is 35.3 Å². The van der Waals surface area contributed by atoms with Crippen molar-refractivity contribution in [1.29, 1.82) is 0 Å². The Morgan fingerprint density at radius 3 is 2.54 bits per heavy atom. The molecule has 0 aliphatic rings. The smallest absolute Gasteiger partial charge is 0.284 e. The van der Waals surface area contributed by atoms with Gasteiger partial charge in [0.1, 0.15) is 0 Å². The molecule has 24 heavy (non-hydrogen) atoms. The number of anilines is 1. The lowest BCUT2D eigenvalue weighted by Gasteiger charge is -2.16. The molecule has 0 heterocycles. The molecule has 0 bridgehead atoms. The number of rotatable bonds is 5. The summed E-state index contributed by atoms with van der Waals surface area (Å²) in [6.45, 7) is 3.95. The summed E-state index contributed by atoms with van der Waals surface area (Å²) in [6.07, 6.45) is 1.41. The van der Waals surface area contributed by atoms with Gasteiger partial charge in [0.05, 0.1) is 9.40 Å². The minimum absolute atomic E-state index is 0.153. The molecule has 2 rings (SSSR count). The molecule has 0 aliphatic carbocycles. The van der Waals surface area contributed by atoms with Gasteiger partial charge in [0.15, 0.2) is 0 Å². The molecule has 0 fully saturated rings. The molecule has 2 aromatic carbocycles. The molecule has 0 aromatic heterocycles. The fraction of sp³-hybridized carbons (Fsp3) is 0.235. The van der Waals surface area contributed by atoms with Gasteiger partial charge in [-0.05, 0) is 58.1 Å². The maximum absolute atomic E-state index is 12.6. The molecule has 0 saturated heterocycles. The van der Waals surface area contributed by atoms with E-state index in [-0.39, 0.29) is 11.3 Å². The normalized spacial score (nSPS) is 10.5. The zero-order chi connectivity index (χ0) is 17.9. The Hall–Kier alpha value is -1.92. The molecule has 5 nitrogen and oxygen atoms in total. The van der Waals surface area contributed by atoms with Gasteiger partial charge in [-0.1, -0.05) is 31.5 Å². The molecule has 1 N–H and O–H groups in total. The van der Waals surface area contributed by atoms with Crippen molar-refractivity contribution in [2.75, 3.05) is 5.32 Å². The van der Waals surface area contributed by atoms with Crippen LogP contribution in [0, 0.1) is 10.1 Å². The molecule has 2 aromatic rings. The van der Waals surface area contributed by atoms with E-state index in [0.29, 0.717) is 21.6 Å². The summed E-state index contributed by atoms with van der Waals surface area (Å²) in [4.78, 5) is 23.0. The highest BCUT2D eigenvalue weighted by Crippen LogP contribution is 2.31. The fourth-order valence-corrected chi connectivity index (χ4v) is 3.13. The van der Waals surface area contributed by atoms with Crippen molar-refractivity contribution in [2.45, 2.75) is 26.7 Å². The number of halogens is 2. The first kappa shape index (κ1) is 18.4. The first-order chi connectivity index (χ1) is 11.4. The van der Waals surface area contributed by atoms with E-state index in [4.69, 9.17) is 11.6 Å². The standard InChI is InChI=1S/C17H16BrClN2O3/c1-3-10-6-8-14(19)12(4-2)16(10)20-17(22)11-5-7-13(18)15(9-11)21(23)24/h5-9H,3-4H2,1-2H3,(H,20,22). The van der Waals surface area contributed by atoms with E-state index >= 15 is 0 Å². The molecule has 0 atom stereocenters. The van der Waals surface area contributed by atoms with E-state index in [1.807, 2.05) is 26.0 Å². The Kier molecular flexibility index (Phi) is 5.96. The predicted molar refractivity (Wildman–Crippen MR) is 99.0 cm³/mol. The quantitative estimate of drug-likeness (QED) is 0.530. The summed E-state index contributed by atoms with van der Waals surface area (Å²) in [5, 5.41) is 14.5. The lowest BCUT2D eigenvalue weighted by Crippen LogP contribution is -2.15. The Balaban J connectivity index is 2.42. The van der Waals surface area contributed by atoms with Gasteiger partial charge in [0.2, 0.25) is 0 Å². The van der Waals surface area contributed by atoms with Crippen LogP contribution in [0.2, 0.25) is 5.02 Å². The van der Waals surface area contributed by atoms with Gasteiger partial charge >= 0.3 is 0 Å². The minimum Gasteiger partial charge on any atom is -0.321 e. The van der Waals surface area contributed by atoms with Gasteiger partial charge in [-0.25, -0.2) is 0 Å². The van der Waals surface area contributed by atoms with Crippen molar-refractivity contribution < 1.29 is 9.72 Å². The number of nitro benzene ring substituents is 1. The van der Waals surface area contributed by atoms with Gasteiger partial charge in [-0.3, -0.25) is 14.9 Å². The van der Waals surface area contributed by atoms with Crippen molar-refractivity contribution >= 4 is 44.8 Å². The number of amides is 1. The summed E-state index contributed by atoms with van der Waals surface area (Å²) in [7, 11) is 0. The van der Waals surface area contributed by atoms with E-state index in [1.54, 1.807) is 0 Å². The summed E-state index contributed by atoms with van der Waals surface area (Å²) < 4.78 is 0.329. The number of hydrogen-bond donors (Lipinski definition) is 1. The summed E-state index contributed by atoms with van der Waals surface area (Å²) in [5.41, 5.74) is 2.57. The highest BCUT2D eigenvalue weighted by Gasteiger charge is 2.18. The third-order valence-corrected chi connectivity index (χ3v) is 4.74. The summed E-state index contributed by atoms with van der Waals surface area (Å²) in [5.74, 6) is -0.405. The summed E-state index contributed by atoms with van der Waals surface area (Å²) in [6, 6.07) is 7.97. The van der Waals surface area contributed by atoms with Crippen LogP contribution in [-0.4, -0.2) is 10.8 Å². The molecule has 0 saturated carbocycles. The van der Waals surface area contributed by atoms with Gasteiger partial charge in [-0.15, -0.1) is 0 Å². The van der Waals surface area contributed by atoms with Crippen LogP contribution < -0.4 is 5.32 Å².